The fourth-order valence-electron chi connectivity index (χ4n) is 2.25. The van der Waals surface area contributed by atoms with Gasteiger partial charge in [0.25, 0.3) is 0 Å². The monoisotopic (exact) mass is 268 g/mol. The molecule has 1 aromatic rings. The van der Waals surface area contributed by atoms with Gasteiger partial charge in [-0.15, -0.1) is 12.4 Å². The van der Waals surface area contributed by atoms with Crippen LogP contribution in [0.15, 0.2) is 18.2 Å². The maximum Gasteiger partial charge on any atom is 0.180 e. The van der Waals surface area contributed by atoms with Crippen LogP contribution in [0.3, 0.4) is 0 Å². The van der Waals surface area contributed by atoms with Crippen LogP contribution in [-0.4, -0.2) is 11.8 Å². The number of hydrogen-bond acceptors (Lipinski definition) is 3. The second-order valence-corrected chi connectivity index (χ2v) is 4.82. The van der Waals surface area contributed by atoms with Gasteiger partial charge in [-0.25, -0.2) is 0 Å². The third-order valence-corrected chi connectivity index (χ3v) is 3.72. The molecule has 3 nitrogen and oxygen atoms in total. The minimum Gasteiger partial charge on any atom is -0.321 e. The van der Waals surface area contributed by atoms with Crippen LogP contribution >= 0.6 is 12.4 Å². The van der Waals surface area contributed by atoms with Gasteiger partial charge in [-0.3, -0.25) is 4.79 Å². The zero-order valence-electron chi connectivity index (χ0n) is 10.9. The number of benzene rings is 1. The van der Waals surface area contributed by atoms with E-state index in [1.54, 1.807) is 0 Å². The predicted octanol–water partition coefficient (Wildman–Crippen LogP) is 2.27. The highest BCUT2D eigenvalue weighted by Gasteiger charge is 2.25. The van der Waals surface area contributed by atoms with Crippen LogP contribution in [0.5, 0.6) is 0 Å². The number of Topliss-reactive ketones (excluding diaryl/α,β-unsaturated/α-hetero) is 1. The molecule has 4 heteroatoms. The van der Waals surface area contributed by atoms with Gasteiger partial charge in [0.15, 0.2) is 5.78 Å². The maximum absolute atomic E-state index is 12.4. The lowest BCUT2D eigenvalue weighted by Crippen LogP contribution is -2.37. The summed E-state index contributed by atoms with van der Waals surface area (Å²) < 4.78 is 0. The molecule has 0 amide bonds. The van der Waals surface area contributed by atoms with E-state index in [-0.39, 0.29) is 30.2 Å². The molecule has 100 valence electrons. The Morgan fingerprint density at radius 3 is 2.83 bits per heavy atom. The predicted molar refractivity (Wildman–Crippen MR) is 76.0 cm³/mol. The van der Waals surface area contributed by atoms with Crippen molar-refractivity contribution in [3.8, 4) is 0 Å². The standard InChI is InChI=1S/C14H20N2O.ClH/c1-3-9(2)13(15)14(17)11-6-4-5-10-7-16-8-12(10)11;/h4-6,9,13,16H,3,7-8,15H2,1-2H3;1H/t9-,13-;/m0./s1. The van der Waals surface area contributed by atoms with Gasteiger partial charge in [0.05, 0.1) is 6.04 Å². The van der Waals surface area contributed by atoms with Crippen molar-refractivity contribution in [2.75, 3.05) is 0 Å². The SMILES string of the molecule is CC[C@H](C)[C@H](N)C(=O)c1cccc2c1CNC2.Cl. The summed E-state index contributed by atoms with van der Waals surface area (Å²) in [6, 6.07) is 5.53. The highest BCUT2D eigenvalue weighted by Crippen LogP contribution is 2.22. The molecule has 1 aromatic carbocycles. The Morgan fingerprint density at radius 2 is 2.17 bits per heavy atom. The van der Waals surface area contributed by atoms with Crippen LogP contribution < -0.4 is 11.1 Å². The van der Waals surface area contributed by atoms with Gasteiger partial charge in [0, 0.05) is 18.7 Å². The van der Waals surface area contributed by atoms with Crippen molar-refractivity contribution in [1.82, 2.24) is 5.32 Å². The molecule has 1 aliphatic heterocycles. The number of rotatable bonds is 4. The number of nitrogens with one attached hydrogen (secondary N) is 1. The van der Waals surface area contributed by atoms with Crippen LogP contribution in [0.1, 0.15) is 41.8 Å². The number of ketones is 1. The van der Waals surface area contributed by atoms with E-state index < -0.39 is 0 Å². The van der Waals surface area contributed by atoms with Crippen LogP contribution in [0.2, 0.25) is 0 Å². The average molecular weight is 269 g/mol. The first-order chi connectivity index (χ1) is 8.15. The number of carbonyl (C=O) groups excluding carboxylic acids is 1. The summed E-state index contributed by atoms with van der Waals surface area (Å²) in [5.41, 5.74) is 9.20. The van der Waals surface area contributed by atoms with Crippen LogP contribution in [0.25, 0.3) is 0 Å². The second-order valence-electron chi connectivity index (χ2n) is 4.82. The Labute approximate surface area is 115 Å². The van der Waals surface area contributed by atoms with E-state index in [1.807, 2.05) is 19.1 Å². The van der Waals surface area contributed by atoms with Crippen molar-refractivity contribution in [3.63, 3.8) is 0 Å². The molecule has 0 saturated carbocycles. The summed E-state index contributed by atoms with van der Waals surface area (Å²) in [4.78, 5) is 12.4. The smallest absolute Gasteiger partial charge is 0.180 e. The Hall–Kier alpha value is -0.900. The summed E-state index contributed by atoms with van der Waals surface area (Å²) in [7, 11) is 0. The van der Waals surface area contributed by atoms with Crippen molar-refractivity contribution in [3.05, 3.63) is 34.9 Å². The van der Waals surface area contributed by atoms with Gasteiger partial charge in [-0.2, -0.15) is 0 Å². The normalized spacial score (nSPS) is 16.6. The number of carbonyl (C=O) groups is 1. The minimum atomic E-state index is -0.382. The van der Waals surface area contributed by atoms with Gasteiger partial charge in [-0.1, -0.05) is 38.5 Å². The van der Waals surface area contributed by atoms with Crippen LogP contribution in [-0.2, 0) is 13.1 Å². The van der Waals surface area contributed by atoms with Gasteiger partial charge in [0.1, 0.15) is 0 Å². The largest absolute Gasteiger partial charge is 0.321 e. The summed E-state index contributed by atoms with van der Waals surface area (Å²) in [6.45, 7) is 5.73. The van der Waals surface area contributed by atoms with Crippen molar-refractivity contribution in [2.45, 2.75) is 39.4 Å². The van der Waals surface area contributed by atoms with Crippen LogP contribution in [0, 0.1) is 5.92 Å². The van der Waals surface area contributed by atoms with Crippen molar-refractivity contribution >= 4 is 18.2 Å². The molecular weight excluding hydrogens is 248 g/mol. The van der Waals surface area contributed by atoms with Crippen LogP contribution in [0.4, 0.5) is 0 Å². The molecule has 3 N–H and O–H groups in total. The van der Waals surface area contributed by atoms with E-state index in [0.29, 0.717) is 0 Å². The number of fused-ring (bicyclic) bond motifs is 1. The number of halogens is 1. The number of hydrogen-bond donors (Lipinski definition) is 2. The molecule has 1 aliphatic rings. The van der Waals surface area contributed by atoms with Gasteiger partial charge in [0.2, 0.25) is 0 Å². The summed E-state index contributed by atoms with van der Waals surface area (Å²) >= 11 is 0. The maximum atomic E-state index is 12.4. The molecule has 0 bridgehead atoms. The van der Waals surface area contributed by atoms with E-state index in [0.717, 1.165) is 30.6 Å². The number of nitrogens with two attached hydrogens (primary N) is 1. The van der Waals surface area contributed by atoms with E-state index in [1.165, 1.54) is 5.56 Å². The van der Waals surface area contributed by atoms with Crippen molar-refractivity contribution in [1.29, 1.82) is 0 Å². The minimum absolute atomic E-state index is 0. The Bertz CT molecular complexity index is 434. The molecule has 1 heterocycles. The molecule has 0 radical (unpaired) electrons. The van der Waals surface area contributed by atoms with E-state index in [4.69, 9.17) is 5.73 Å². The molecule has 18 heavy (non-hydrogen) atoms. The third-order valence-electron chi connectivity index (χ3n) is 3.72. The lowest BCUT2D eigenvalue weighted by atomic mass is 9.89. The summed E-state index contributed by atoms with van der Waals surface area (Å²) in [5.74, 6) is 0.313. The van der Waals surface area contributed by atoms with E-state index >= 15 is 0 Å². The fraction of sp³-hybridized carbons (Fsp3) is 0.500. The van der Waals surface area contributed by atoms with Gasteiger partial charge in [-0.05, 0) is 17.0 Å². The average Bonchev–Trinajstić information content (AvgIpc) is 2.83. The molecule has 0 saturated heterocycles. The first-order valence-electron chi connectivity index (χ1n) is 6.26. The highest BCUT2D eigenvalue weighted by atomic mass is 35.5. The Balaban J connectivity index is 0.00000162. The molecule has 0 aliphatic carbocycles. The Kier molecular flexibility index (Phi) is 5.32. The third kappa shape index (κ3) is 2.74. The topological polar surface area (TPSA) is 55.1 Å². The second kappa shape index (κ2) is 6.32. The zero-order valence-corrected chi connectivity index (χ0v) is 11.7. The Morgan fingerprint density at radius 1 is 1.44 bits per heavy atom. The molecule has 0 aromatic heterocycles. The summed E-state index contributed by atoms with van der Waals surface area (Å²) in [5, 5.41) is 3.27. The molecule has 2 rings (SSSR count). The first-order valence-corrected chi connectivity index (χ1v) is 6.26. The lowest BCUT2D eigenvalue weighted by molar-refractivity contribution is 0.0934. The molecule has 2 atom stereocenters. The highest BCUT2D eigenvalue weighted by molar-refractivity contribution is 6.01. The molecule has 0 spiro atoms. The van der Waals surface area contributed by atoms with Crippen molar-refractivity contribution in [2.24, 2.45) is 11.7 Å². The van der Waals surface area contributed by atoms with Gasteiger partial charge >= 0.3 is 0 Å². The molecule has 0 unspecified atom stereocenters. The molecular formula is C14H21ClN2O. The van der Waals surface area contributed by atoms with E-state index in [9.17, 15) is 4.79 Å². The van der Waals surface area contributed by atoms with Crippen molar-refractivity contribution < 1.29 is 4.79 Å². The molecule has 0 fully saturated rings. The quantitative estimate of drug-likeness (QED) is 0.824. The zero-order chi connectivity index (χ0) is 12.4. The van der Waals surface area contributed by atoms with E-state index in [2.05, 4.69) is 18.3 Å². The van der Waals surface area contributed by atoms with Gasteiger partial charge < -0.3 is 11.1 Å². The fourth-order valence-corrected chi connectivity index (χ4v) is 2.25. The lowest BCUT2D eigenvalue weighted by Gasteiger charge is -2.18. The summed E-state index contributed by atoms with van der Waals surface area (Å²) in [6.07, 6.45) is 0.931. The first kappa shape index (κ1) is 15.2.